The lowest BCUT2D eigenvalue weighted by molar-refractivity contribution is 0.0954. The van der Waals surface area contributed by atoms with Crippen LogP contribution in [0.4, 0.5) is 11.4 Å². The number of nitrogens with zero attached hydrogens (tertiary/aromatic N) is 1. The number of hydrogen-bond donors (Lipinski definition) is 2. The van der Waals surface area contributed by atoms with E-state index in [4.69, 9.17) is 16.0 Å². The summed E-state index contributed by atoms with van der Waals surface area (Å²) in [5.74, 6) is 0.522. The number of rotatable bonds is 12. The lowest BCUT2D eigenvalue weighted by atomic mass is 10.1. The van der Waals surface area contributed by atoms with Crippen molar-refractivity contribution >= 4 is 38.9 Å². The molecule has 9 heteroatoms. The number of carbonyl (C=O) groups excluding carboxylic acids is 1. The van der Waals surface area contributed by atoms with Crippen LogP contribution in [0.5, 0.6) is 0 Å². The molecule has 0 fully saturated rings. The molecular weight excluding hydrogens is 474 g/mol. The van der Waals surface area contributed by atoms with Crippen LogP contribution >= 0.6 is 11.6 Å². The van der Waals surface area contributed by atoms with E-state index >= 15 is 0 Å². The molecular formula is C25H30ClN3O4S. The van der Waals surface area contributed by atoms with Gasteiger partial charge in [0, 0.05) is 23.8 Å². The van der Waals surface area contributed by atoms with Crippen molar-refractivity contribution in [2.24, 2.45) is 0 Å². The molecule has 2 N–H and O–H groups in total. The number of nitrogens with one attached hydrogen (secondary N) is 2. The van der Waals surface area contributed by atoms with Crippen LogP contribution in [0, 0.1) is 0 Å². The second-order valence-corrected chi connectivity index (χ2v) is 10.0. The van der Waals surface area contributed by atoms with Gasteiger partial charge >= 0.3 is 0 Å². The molecule has 34 heavy (non-hydrogen) atoms. The van der Waals surface area contributed by atoms with E-state index in [2.05, 4.69) is 21.9 Å². The van der Waals surface area contributed by atoms with Crippen molar-refractivity contribution in [1.29, 1.82) is 0 Å². The summed E-state index contributed by atoms with van der Waals surface area (Å²) in [6, 6.07) is 14.6. The number of unbranched alkanes of at least 4 members (excludes halogenated alkanes) is 1. The van der Waals surface area contributed by atoms with Crippen LogP contribution in [0.1, 0.15) is 49.2 Å². The zero-order valence-electron chi connectivity index (χ0n) is 19.4. The largest absolute Gasteiger partial charge is 0.467 e. The van der Waals surface area contributed by atoms with Gasteiger partial charge in [-0.15, -0.1) is 0 Å². The average molecular weight is 504 g/mol. The first-order valence-electron chi connectivity index (χ1n) is 11.3. The first-order valence-corrected chi connectivity index (χ1v) is 13.2. The van der Waals surface area contributed by atoms with Crippen molar-refractivity contribution in [3.8, 4) is 0 Å². The van der Waals surface area contributed by atoms with Crippen LogP contribution in [-0.4, -0.2) is 27.4 Å². The Morgan fingerprint density at radius 3 is 2.47 bits per heavy atom. The van der Waals surface area contributed by atoms with Gasteiger partial charge in [0.25, 0.3) is 15.9 Å². The lowest BCUT2D eigenvalue weighted by Gasteiger charge is -2.26. The van der Waals surface area contributed by atoms with Crippen molar-refractivity contribution < 1.29 is 17.6 Å². The third kappa shape index (κ3) is 6.77. The maximum atomic E-state index is 13.1. The highest BCUT2D eigenvalue weighted by atomic mass is 35.5. The quantitative estimate of drug-likeness (QED) is 0.331. The molecule has 7 nitrogen and oxygen atoms in total. The summed E-state index contributed by atoms with van der Waals surface area (Å²) < 4.78 is 33.8. The second-order valence-electron chi connectivity index (χ2n) is 7.90. The van der Waals surface area contributed by atoms with Gasteiger partial charge in [-0.25, -0.2) is 8.42 Å². The fourth-order valence-corrected chi connectivity index (χ4v) is 4.62. The molecule has 1 amide bonds. The predicted molar refractivity (Wildman–Crippen MR) is 136 cm³/mol. The van der Waals surface area contributed by atoms with E-state index < -0.39 is 10.0 Å². The van der Waals surface area contributed by atoms with Gasteiger partial charge in [0.1, 0.15) is 5.76 Å². The molecule has 0 aliphatic carbocycles. The molecule has 0 aliphatic rings. The highest BCUT2D eigenvalue weighted by Gasteiger charge is 2.21. The summed E-state index contributed by atoms with van der Waals surface area (Å²) in [5, 5.41) is 3.35. The fourth-order valence-electron chi connectivity index (χ4n) is 3.44. The van der Waals surface area contributed by atoms with Crippen molar-refractivity contribution in [2.75, 3.05) is 22.7 Å². The normalized spacial score (nSPS) is 11.3. The number of carbonyl (C=O) groups is 1. The van der Waals surface area contributed by atoms with E-state index in [9.17, 15) is 13.2 Å². The molecule has 0 aliphatic heterocycles. The molecule has 3 rings (SSSR count). The van der Waals surface area contributed by atoms with E-state index in [1.165, 1.54) is 24.3 Å². The van der Waals surface area contributed by atoms with Crippen molar-refractivity contribution in [3.05, 3.63) is 77.2 Å². The van der Waals surface area contributed by atoms with Gasteiger partial charge in [0.2, 0.25) is 0 Å². The number of halogens is 1. The zero-order chi connectivity index (χ0) is 24.6. The van der Waals surface area contributed by atoms with E-state index in [0.29, 0.717) is 35.1 Å². The Balaban J connectivity index is 1.97. The molecule has 0 atom stereocenters. The van der Waals surface area contributed by atoms with Gasteiger partial charge in [-0.05, 0) is 67.4 Å². The Morgan fingerprint density at radius 2 is 1.82 bits per heavy atom. The summed E-state index contributed by atoms with van der Waals surface area (Å²) >= 11 is 5.88. The number of benzene rings is 2. The smallest absolute Gasteiger partial charge is 0.261 e. The molecule has 0 bridgehead atoms. The molecule has 0 saturated heterocycles. The van der Waals surface area contributed by atoms with Gasteiger partial charge < -0.3 is 14.6 Å². The number of anilines is 2. The molecule has 0 radical (unpaired) electrons. The first kappa shape index (κ1) is 25.6. The van der Waals surface area contributed by atoms with E-state index in [1.807, 2.05) is 19.1 Å². The van der Waals surface area contributed by atoms with Gasteiger partial charge in [-0.2, -0.15) is 0 Å². The molecule has 0 saturated carbocycles. The minimum Gasteiger partial charge on any atom is -0.467 e. The minimum atomic E-state index is -3.85. The molecule has 3 aromatic rings. The van der Waals surface area contributed by atoms with E-state index in [0.717, 1.165) is 31.6 Å². The van der Waals surface area contributed by atoms with Crippen molar-refractivity contribution in [2.45, 2.75) is 44.6 Å². The molecule has 2 aromatic carbocycles. The summed E-state index contributed by atoms with van der Waals surface area (Å²) in [7, 11) is -3.85. The first-order chi connectivity index (χ1) is 16.3. The van der Waals surface area contributed by atoms with Gasteiger partial charge in [0.05, 0.1) is 29.0 Å². The number of sulfonamides is 1. The van der Waals surface area contributed by atoms with Crippen LogP contribution < -0.4 is 14.9 Å². The van der Waals surface area contributed by atoms with Gasteiger partial charge in [-0.1, -0.05) is 31.9 Å². The van der Waals surface area contributed by atoms with Gasteiger partial charge in [-0.3, -0.25) is 9.52 Å². The molecule has 1 aromatic heterocycles. The Hall–Kier alpha value is -2.97. The maximum absolute atomic E-state index is 13.1. The summed E-state index contributed by atoms with van der Waals surface area (Å²) in [6.45, 7) is 5.82. The molecule has 1 heterocycles. The Labute approximate surface area is 206 Å². The number of furan rings is 1. The van der Waals surface area contributed by atoms with Crippen LogP contribution in [0.15, 0.2) is 70.2 Å². The van der Waals surface area contributed by atoms with Crippen LogP contribution in [0.2, 0.25) is 5.02 Å². The number of hydrogen-bond acceptors (Lipinski definition) is 5. The van der Waals surface area contributed by atoms with E-state index in [-0.39, 0.29) is 10.8 Å². The third-order valence-corrected chi connectivity index (χ3v) is 6.85. The standard InChI is InChI=1S/C25H30ClN3O4S/c1-3-5-15-29(18-21-7-6-16-33-21)24-13-10-20(17-23(24)25(30)27-14-4-2)28-34(31,32)22-11-8-19(26)9-12-22/h6-13,16-17,28H,3-5,14-15,18H2,1-2H3,(H,27,30). The Morgan fingerprint density at radius 1 is 1.06 bits per heavy atom. The van der Waals surface area contributed by atoms with Crippen molar-refractivity contribution in [1.82, 2.24) is 5.32 Å². The average Bonchev–Trinajstić information content (AvgIpc) is 3.33. The SMILES string of the molecule is CCCCN(Cc1ccco1)c1ccc(NS(=O)(=O)c2ccc(Cl)cc2)cc1C(=O)NCCC. The van der Waals surface area contributed by atoms with E-state index in [1.54, 1.807) is 24.5 Å². The molecule has 182 valence electrons. The fraction of sp³-hybridized carbons (Fsp3) is 0.320. The lowest BCUT2D eigenvalue weighted by Crippen LogP contribution is -2.30. The number of amides is 1. The van der Waals surface area contributed by atoms with Crippen LogP contribution in [0.25, 0.3) is 0 Å². The van der Waals surface area contributed by atoms with Crippen LogP contribution in [-0.2, 0) is 16.6 Å². The monoisotopic (exact) mass is 503 g/mol. The minimum absolute atomic E-state index is 0.0837. The third-order valence-electron chi connectivity index (χ3n) is 5.20. The predicted octanol–water partition coefficient (Wildman–Crippen LogP) is 5.68. The zero-order valence-corrected chi connectivity index (χ0v) is 21.0. The highest BCUT2D eigenvalue weighted by Crippen LogP contribution is 2.28. The van der Waals surface area contributed by atoms with Gasteiger partial charge in [0.15, 0.2) is 0 Å². The highest BCUT2D eigenvalue weighted by molar-refractivity contribution is 7.92. The summed E-state index contributed by atoms with van der Waals surface area (Å²) in [4.78, 5) is 15.2. The molecule has 0 unspecified atom stereocenters. The summed E-state index contributed by atoms with van der Waals surface area (Å²) in [5.41, 5.74) is 1.41. The van der Waals surface area contributed by atoms with Crippen molar-refractivity contribution in [3.63, 3.8) is 0 Å². The van der Waals surface area contributed by atoms with Crippen LogP contribution in [0.3, 0.4) is 0 Å². The topological polar surface area (TPSA) is 91.7 Å². The molecule has 0 spiro atoms. The Bertz CT molecular complexity index is 1180. The summed E-state index contributed by atoms with van der Waals surface area (Å²) in [6.07, 6.45) is 4.33. The maximum Gasteiger partial charge on any atom is 0.261 e. The Kier molecular flexibility index (Phi) is 9.01. The second kappa shape index (κ2) is 11.9.